The van der Waals surface area contributed by atoms with Gasteiger partial charge >= 0.3 is 0 Å². The first kappa shape index (κ1) is 20.5. The van der Waals surface area contributed by atoms with Crippen LogP contribution >= 0.6 is 0 Å². The van der Waals surface area contributed by atoms with E-state index in [-0.39, 0.29) is 11.7 Å². The number of aryl methyl sites for hydroxylation is 1. The highest BCUT2D eigenvalue weighted by molar-refractivity contribution is 5.95. The SMILES string of the molecule is Cc1cc(-c2ccc(NC(=O)[C@@H](C)c3ccc(-c4ccccc4)c(F)c3)cc2)ccn1. The number of anilines is 1. The summed E-state index contributed by atoms with van der Waals surface area (Å²) in [6.45, 7) is 3.73. The molecule has 4 aromatic rings. The largest absolute Gasteiger partial charge is 0.326 e. The Bertz CT molecular complexity index is 1200. The highest BCUT2D eigenvalue weighted by Crippen LogP contribution is 2.27. The molecule has 0 fully saturated rings. The molecule has 0 bridgehead atoms. The topological polar surface area (TPSA) is 42.0 Å². The number of pyridine rings is 1. The molecule has 1 amide bonds. The van der Waals surface area contributed by atoms with Gasteiger partial charge in [0.05, 0.1) is 5.92 Å². The number of aromatic nitrogens is 1. The lowest BCUT2D eigenvalue weighted by atomic mass is 9.96. The molecule has 154 valence electrons. The fourth-order valence-electron chi connectivity index (χ4n) is 3.53. The predicted molar refractivity (Wildman–Crippen MR) is 123 cm³/mol. The minimum atomic E-state index is -0.484. The first-order valence-corrected chi connectivity index (χ1v) is 10.2. The van der Waals surface area contributed by atoms with E-state index >= 15 is 0 Å². The number of halogens is 1. The molecule has 1 aromatic heterocycles. The quantitative estimate of drug-likeness (QED) is 0.402. The van der Waals surface area contributed by atoms with Crippen LogP contribution in [0.3, 0.4) is 0 Å². The van der Waals surface area contributed by atoms with Gasteiger partial charge in [-0.3, -0.25) is 9.78 Å². The molecule has 1 N–H and O–H groups in total. The van der Waals surface area contributed by atoms with Crippen LogP contribution in [0.1, 0.15) is 24.1 Å². The number of rotatable bonds is 5. The van der Waals surface area contributed by atoms with Gasteiger partial charge in [0.2, 0.25) is 5.91 Å². The summed E-state index contributed by atoms with van der Waals surface area (Å²) in [5.74, 6) is -0.999. The summed E-state index contributed by atoms with van der Waals surface area (Å²) in [7, 11) is 0. The number of benzene rings is 3. The molecule has 4 rings (SSSR count). The van der Waals surface area contributed by atoms with Crippen molar-refractivity contribution in [1.82, 2.24) is 4.98 Å². The fourth-order valence-corrected chi connectivity index (χ4v) is 3.53. The van der Waals surface area contributed by atoms with Crippen molar-refractivity contribution < 1.29 is 9.18 Å². The van der Waals surface area contributed by atoms with Gasteiger partial charge in [-0.2, -0.15) is 0 Å². The normalized spacial score (nSPS) is 11.7. The third-order valence-corrected chi connectivity index (χ3v) is 5.35. The van der Waals surface area contributed by atoms with Crippen LogP contribution in [-0.4, -0.2) is 10.9 Å². The van der Waals surface area contributed by atoms with Crippen molar-refractivity contribution in [3.63, 3.8) is 0 Å². The second-order valence-corrected chi connectivity index (χ2v) is 7.58. The van der Waals surface area contributed by atoms with Gasteiger partial charge in [0.15, 0.2) is 0 Å². The molecule has 3 nitrogen and oxygen atoms in total. The first-order chi connectivity index (χ1) is 15.0. The van der Waals surface area contributed by atoms with Gasteiger partial charge in [-0.25, -0.2) is 4.39 Å². The van der Waals surface area contributed by atoms with E-state index in [9.17, 15) is 9.18 Å². The van der Waals surface area contributed by atoms with E-state index in [2.05, 4.69) is 10.3 Å². The van der Waals surface area contributed by atoms with Gasteiger partial charge in [0.1, 0.15) is 5.82 Å². The summed E-state index contributed by atoms with van der Waals surface area (Å²) in [5.41, 5.74) is 5.76. The number of nitrogens with zero attached hydrogens (tertiary/aromatic N) is 1. The zero-order chi connectivity index (χ0) is 21.8. The van der Waals surface area contributed by atoms with Crippen molar-refractivity contribution in [2.24, 2.45) is 0 Å². The lowest BCUT2D eigenvalue weighted by Gasteiger charge is -2.14. The van der Waals surface area contributed by atoms with Crippen LogP contribution in [0.25, 0.3) is 22.3 Å². The van der Waals surface area contributed by atoms with E-state index in [1.807, 2.05) is 79.7 Å². The van der Waals surface area contributed by atoms with Gasteiger partial charge in [0, 0.05) is 23.1 Å². The maximum Gasteiger partial charge on any atom is 0.231 e. The highest BCUT2D eigenvalue weighted by atomic mass is 19.1. The monoisotopic (exact) mass is 410 g/mol. The van der Waals surface area contributed by atoms with Crippen LogP contribution in [0.15, 0.2) is 91.1 Å². The van der Waals surface area contributed by atoms with Crippen LogP contribution < -0.4 is 5.32 Å². The molecule has 31 heavy (non-hydrogen) atoms. The lowest BCUT2D eigenvalue weighted by molar-refractivity contribution is -0.117. The fraction of sp³-hybridized carbons (Fsp3) is 0.111. The predicted octanol–water partition coefficient (Wildman–Crippen LogP) is 6.61. The van der Waals surface area contributed by atoms with Gasteiger partial charge in [0.25, 0.3) is 0 Å². The van der Waals surface area contributed by atoms with E-state index < -0.39 is 5.92 Å². The minimum absolute atomic E-state index is 0.181. The second kappa shape index (κ2) is 8.92. The van der Waals surface area contributed by atoms with Gasteiger partial charge in [-0.1, -0.05) is 54.6 Å². The molecule has 0 saturated heterocycles. The maximum absolute atomic E-state index is 14.7. The Morgan fingerprint density at radius 2 is 1.61 bits per heavy atom. The molecule has 0 radical (unpaired) electrons. The van der Waals surface area contributed by atoms with Gasteiger partial charge < -0.3 is 5.32 Å². The zero-order valence-electron chi connectivity index (χ0n) is 17.5. The van der Waals surface area contributed by atoms with Crippen LogP contribution in [-0.2, 0) is 4.79 Å². The number of carbonyl (C=O) groups is 1. The summed E-state index contributed by atoms with van der Waals surface area (Å²) < 4.78 is 14.7. The molecule has 0 spiro atoms. The average molecular weight is 410 g/mol. The van der Waals surface area contributed by atoms with Crippen molar-refractivity contribution in [3.05, 3.63) is 108 Å². The van der Waals surface area contributed by atoms with E-state index in [4.69, 9.17) is 0 Å². The van der Waals surface area contributed by atoms with Crippen molar-refractivity contribution in [1.29, 1.82) is 0 Å². The molecular formula is C27H23FN2O. The third kappa shape index (κ3) is 4.69. The molecule has 0 saturated carbocycles. The number of amides is 1. The van der Waals surface area contributed by atoms with E-state index in [0.29, 0.717) is 16.8 Å². The lowest BCUT2D eigenvalue weighted by Crippen LogP contribution is -2.19. The Morgan fingerprint density at radius 3 is 2.29 bits per heavy atom. The molecule has 0 aliphatic rings. The summed E-state index contributed by atoms with van der Waals surface area (Å²) >= 11 is 0. The van der Waals surface area contributed by atoms with Gasteiger partial charge in [-0.05, 0) is 66.4 Å². The average Bonchev–Trinajstić information content (AvgIpc) is 2.79. The Morgan fingerprint density at radius 1 is 0.871 bits per heavy atom. The summed E-state index contributed by atoms with van der Waals surface area (Å²) in [5, 5.41) is 2.92. The number of hydrogen-bond donors (Lipinski definition) is 1. The van der Waals surface area contributed by atoms with Gasteiger partial charge in [-0.15, -0.1) is 0 Å². The molecule has 0 aliphatic heterocycles. The Balaban J connectivity index is 1.47. The Labute approximate surface area is 181 Å². The highest BCUT2D eigenvalue weighted by Gasteiger charge is 2.17. The molecule has 0 aliphatic carbocycles. The standard InChI is InChI=1S/C27H23FN2O/c1-18-16-23(14-15-29-18)20-8-11-24(12-9-20)30-27(31)19(2)22-10-13-25(26(28)17-22)21-6-4-3-5-7-21/h3-17,19H,1-2H3,(H,30,31)/t19-/m0/s1. The van der Waals surface area contributed by atoms with Crippen LogP contribution in [0.2, 0.25) is 0 Å². The number of carbonyl (C=O) groups excluding carboxylic acids is 1. The van der Waals surface area contributed by atoms with Crippen LogP contribution in [0.5, 0.6) is 0 Å². The number of hydrogen-bond acceptors (Lipinski definition) is 2. The molecule has 1 heterocycles. The van der Waals surface area contributed by atoms with E-state index in [0.717, 1.165) is 22.4 Å². The minimum Gasteiger partial charge on any atom is -0.326 e. The summed E-state index contributed by atoms with van der Waals surface area (Å²) in [6, 6.07) is 26.0. The molecule has 4 heteroatoms. The molecule has 3 aromatic carbocycles. The maximum atomic E-state index is 14.7. The zero-order valence-corrected chi connectivity index (χ0v) is 17.5. The smallest absolute Gasteiger partial charge is 0.231 e. The molecule has 1 atom stereocenters. The Hall–Kier alpha value is -3.79. The molecular weight excluding hydrogens is 387 g/mol. The van der Waals surface area contributed by atoms with Crippen molar-refractivity contribution in [2.75, 3.05) is 5.32 Å². The summed E-state index contributed by atoms with van der Waals surface area (Å²) in [4.78, 5) is 17.0. The molecule has 0 unspecified atom stereocenters. The number of nitrogens with one attached hydrogen (secondary N) is 1. The van der Waals surface area contributed by atoms with Crippen LogP contribution in [0.4, 0.5) is 10.1 Å². The van der Waals surface area contributed by atoms with Crippen molar-refractivity contribution >= 4 is 11.6 Å². The van der Waals surface area contributed by atoms with Crippen molar-refractivity contribution in [3.8, 4) is 22.3 Å². The second-order valence-electron chi connectivity index (χ2n) is 7.58. The van der Waals surface area contributed by atoms with Crippen LogP contribution in [0, 0.1) is 12.7 Å². The third-order valence-electron chi connectivity index (χ3n) is 5.35. The van der Waals surface area contributed by atoms with E-state index in [1.54, 1.807) is 19.2 Å². The van der Waals surface area contributed by atoms with E-state index in [1.165, 1.54) is 6.07 Å². The Kier molecular flexibility index (Phi) is 5.89. The first-order valence-electron chi connectivity index (χ1n) is 10.2. The van der Waals surface area contributed by atoms with Crippen molar-refractivity contribution in [2.45, 2.75) is 19.8 Å². The summed E-state index contributed by atoms with van der Waals surface area (Å²) in [6.07, 6.45) is 1.78.